The van der Waals surface area contributed by atoms with E-state index in [1.807, 2.05) is 39.2 Å². The number of quaternary nitrogens is 1. The lowest BCUT2D eigenvalue weighted by atomic mass is 10.1. The molecule has 1 heterocycles. The molecule has 2 rings (SSSR count). The molecule has 0 aliphatic heterocycles. The van der Waals surface area contributed by atoms with Crippen LogP contribution in [0.2, 0.25) is 0 Å². The number of rotatable bonds is 17. The Kier molecular flexibility index (Phi) is 13.1. The standard InChI is InChI=1S/C27H38N6O5S2/c1-6-32(10-13-37-15-16-38-14-12-33(4,5)11-7-17-40(34,35)36)23-8-9-25(21(2)18-23)30-31-27-24(19-28)22(3)26(20-29)39-27/h8-9,18H,6-7,10-17H2,1-5H3/p+1. The Labute approximate surface area is 241 Å². The monoisotopic (exact) mass is 591 g/mol. The zero-order valence-electron chi connectivity index (χ0n) is 23.9. The van der Waals surface area contributed by atoms with Crippen molar-refractivity contribution in [2.45, 2.75) is 27.2 Å². The third kappa shape index (κ3) is 10.9. The van der Waals surface area contributed by atoms with Gasteiger partial charge in [-0.2, -0.15) is 18.9 Å². The predicted octanol–water partition coefficient (Wildman–Crippen LogP) is 4.74. The van der Waals surface area contributed by atoms with Crippen LogP contribution >= 0.6 is 11.3 Å². The van der Waals surface area contributed by atoms with Crippen molar-refractivity contribution in [3.05, 3.63) is 39.8 Å². The first kappa shape index (κ1) is 33.3. The molecule has 2 aromatic rings. The lowest BCUT2D eigenvalue weighted by Crippen LogP contribution is -2.43. The predicted molar refractivity (Wildman–Crippen MR) is 156 cm³/mol. The van der Waals surface area contributed by atoms with Crippen LogP contribution < -0.4 is 4.90 Å². The number of anilines is 1. The first-order valence-corrected chi connectivity index (χ1v) is 15.5. The summed E-state index contributed by atoms with van der Waals surface area (Å²) in [6.07, 6.45) is 0.400. The van der Waals surface area contributed by atoms with Gasteiger partial charge in [-0.3, -0.25) is 4.55 Å². The largest absolute Gasteiger partial charge is 0.377 e. The number of azo groups is 1. The van der Waals surface area contributed by atoms with Crippen molar-refractivity contribution in [2.75, 3.05) is 77.4 Å². The molecule has 0 aliphatic rings. The highest BCUT2D eigenvalue weighted by atomic mass is 32.2. The van der Waals surface area contributed by atoms with Crippen LogP contribution in [0.1, 0.15) is 34.9 Å². The van der Waals surface area contributed by atoms with E-state index in [9.17, 15) is 18.9 Å². The molecule has 0 spiro atoms. The highest BCUT2D eigenvalue weighted by Crippen LogP contribution is 2.36. The summed E-state index contributed by atoms with van der Waals surface area (Å²) in [4.78, 5) is 2.68. The fourth-order valence-electron chi connectivity index (χ4n) is 3.92. The minimum Gasteiger partial charge on any atom is -0.377 e. The van der Waals surface area contributed by atoms with Crippen molar-refractivity contribution in [3.8, 4) is 12.1 Å². The molecule has 0 saturated carbocycles. The average molecular weight is 592 g/mol. The smallest absolute Gasteiger partial charge is 0.265 e. The average Bonchev–Trinajstić information content (AvgIpc) is 3.20. The second-order valence-corrected chi connectivity index (χ2v) is 12.5. The van der Waals surface area contributed by atoms with E-state index >= 15 is 0 Å². The maximum Gasteiger partial charge on any atom is 0.265 e. The number of thiophene rings is 1. The summed E-state index contributed by atoms with van der Waals surface area (Å²) in [5.74, 6) is -0.225. The lowest BCUT2D eigenvalue weighted by Gasteiger charge is -2.29. The maximum absolute atomic E-state index is 10.9. The Hall–Kier alpha value is -2.91. The van der Waals surface area contributed by atoms with E-state index in [4.69, 9.17) is 14.0 Å². The minimum atomic E-state index is -3.92. The molecule has 0 aliphatic carbocycles. The van der Waals surface area contributed by atoms with E-state index in [1.165, 1.54) is 11.3 Å². The van der Waals surface area contributed by atoms with Gasteiger partial charge in [-0.05, 0) is 50.1 Å². The van der Waals surface area contributed by atoms with Gasteiger partial charge in [-0.15, -0.1) is 21.6 Å². The highest BCUT2D eigenvalue weighted by molar-refractivity contribution is 7.85. The molecule has 1 aromatic heterocycles. The van der Waals surface area contributed by atoms with Gasteiger partial charge in [0.25, 0.3) is 10.1 Å². The van der Waals surface area contributed by atoms with Gasteiger partial charge in [-0.1, -0.05) is 0 Å². The van der Waals surface area contributed by atoms with Crippen LogP contribution in [-0.4, -0.2) is 89.9 Å². The Morgan fingerprint density at radius 1 is 1.05 bits per heavy atom. The summed E-state index contributed by atoms with van der Waals surface area (Å²) in [5.41, 5.74) is 3.71. The quantitative estimate of drug-likeness (QED) is 0.120. The number of aryl methyl sites for hydroxylation is 1. The zero-order chi connectivity index (χ0) is 29.8. The summed E-state index contributed by atoms with van der Waals surface area (Å²) in [6, 6.07) is 10.1. The van der Waals surface area contributed by atoms with E-state index in [2.05, 4.69) is 34.2 Å². The van der Waals surface area contributed by atoms with Crippen molar-refractivity contribution in [1.82, 2.24) is 0 Å². The molecule has 0 saturated heterocycles. The summed E-state index contributed by atoms with van der Waals surface area (Å²) < 4.78 is 42.6. The van der Waals surface area contributed by atoms with Crippen molar-refractivity contribution in [3.63, 3.8) is 0 Å². The number of hydrogen-bond donors (Lipinski definition) is 1. The number of hydrogen-bond acceptors (Lipinski definition) is 10. The van der Waals surface area contributed by atoms with Crippen molar-refractivity contribution in [2.24, 2.45) is 10.2 Å². The second kappa shape index (κ2) is 15.8. The van der Waals surface area contributed by atoms with Crippen molar-refractivity contribution >= 4 is 37.8 Å². The van der Waals surface area contributed by atoms with Gasteiger partial charge in [0, 0.05) is 25.2 Å². The maximum atomic E-state index is 10.9. The van der Waals surface area contributed by atoms with Gasteiger partial charge in [0.1, 0.15) is 23.6 Å². The zero-order valence-corrected chi connectivity index (χ0v) is 25.5. The van der Waals surface area contributed by atoms with E-state index in [0.29, 0.717) is 77.1 Å². The SMILES string of the molecule is CCN(CCOCCOCC[N+](C)(C)CCCS(=O)(=O)O)c1ccc(N=Nc2sc(C#N)c(C)c2C#N)c(C)c1. The van der Waals surface area contributed by atoms with Crippen LogP contribution in [0.3, 0.4) is 0 Å². The summed E-state index contributed by atoms with van der Waals surface area (Å²) in [7, 11) is 0.0851. The fourth-order valence-corrected chi connectivity index (χ4v) is 5.29. The van der Waals surface area contributed by atoms with Crippen LogP contribution in [0.5, 0.6) is 0 Å². The molecule has 218 valence electrons. The molecule has 0 radical (unpaired) electrons. The van der Waals surface area contributed by atoms with Gasteiger partial charge in [0.2, 0.25) is 0 Å². The molecule has 1 aromatic carbocycles. The number of nitrogens with zero attached hydrogens (tertiary/aromatic N) is 6. The number of nitriles is 2. The minimum absolute atomic E-state index is 0.225. The van der Waals surface area contributed by atoms with Crippen LogP contribution in [0.15, 0.2) is 28.4 Å². The van der Waals surface area contributed by atoms with Crippen LogP contribution in [0.4, 0.5) is 16.4 Å². The third-order valence-electron chi connectivity index (χ3n) is 6.40. The Morgan fingerprint density at radius 3 is 2.35 bits per heavy atom. The lowest BCUT2D eigenvalue weighted by molar-refractivity contribution is -0.890. The number of likely N-dealkylation sites (N-methyl/N-ethyl adjacent to an activating group) is 2. The summed E-state index contributed by atoms with van der Waals surface area (Å²) in [6.45, 7) is 10.7. The van der Waals surface area contributed by atoms with Crippen molar-refractivity contribution in [1.29, 1.82) is 10.5 Å². The molecule has 13 heteroatoms. The first-order valence-electron chi connectivity index (χ1n) is 13.0. The Morgan fingerprint density at radius 2 is 1.75 bits per heavy atom. The van der Waals surface area contributed by atoms with E-state index in [-0.39, 0.29) is 5.75 Å². The van der Waals surface area contributed by atoms with Crippen LogP contribution in [0.25, 0.3) is 0 Å². The van der Waals surface area contributed by atoms with Crippen LogP contribution in [0, 0.1) is 36.5 Å². The fraction of sp³-hybridized carbons (Fsp3) is 0.556. The van der Waals surface area contributed by atoms with Crippen molar-refractivity contribution < 1.29 is 26.9 Å². The molecule has 11 nitrogen and oxygen atoms in total. The molecule has 0 unspecified atom stereocenters. The number of ether oxygens (including phenoxy) is 2. The summed E-state index contributed by atoms with van der Waals surface area (Å²) >= 11 is 1.17. The van der Waals surface area contributed by atoms with Gasteiger partial charge in [-0.25, -0.2) is 0 Å². The molecule has 0 amide bonds. The molecule has 40 heavy (non-hydrogen) atoms. The molecule has 0 atom stereocenters. The Bertz CT molecular complexity index is 1340. The molecule has 0 fully saturated rings. The summed E-state index contributed by atoms with van der Waals surface area (Å²) in [5, 5.41) is 27.6. The third-order valence-corrected chi connectivity index (χ3v) is 8.29. The van der Waals surface area contributed by atoms with Crippen LogP contribution in [-0.2, 0) is 19.6 Å². The topological polar surface area (TPSA) is 148 Å². The normalized spacial score (nSPS) is 12.0. The molecular formula is C27H39N6O5S2+. The number of benzene rings is 1. The van der Waals surface area contributed by atoms with Gasteiger partial charge in [0.15, 0.2) is 5.00 Å². The van der Waals surface area contributed by atoms with E-state index in [1.54, 1.807) is 6.92 Å². The second-order valence-electron chi connectivity index (χ2n) is 9.96. The molecular weight excluding hydrogens is 552 g/mol. The molecule has 1 N–H and O–H groups in total. The van der Waals surface area contributed by atoms with Gasteiger partial charge >= 0.3 is 0 Å². The highest BCUT2D eigenvalue weighted by Gasteiger charge is 2.17. The van der Waals surface area contributed by atoms with Gasteiger partial charge < -0.3 is 18.9 Å². The first-order chi connectivity index (χ1) is 18.9. The molecule has 0 bridgehead atoms. The Balaban J connectivity index is 1.77. The van der Waals surface area contributed by atoms with E-state index in [0.717, 1.165) is 24.3 Å². The van der Waals surface area contributed by atoms with E-state index < -0.39 is 10.1 Å². The van der Waals surface area contributed by atoms with Gasteiger partial charge in [0.05, 0.1) is 64.1 Å².